The minimum atomic E-state index is 0.183. The van der Waals surface area contributed by atoms with Crippen LogP contribution in [0.15, 0.2) is 54.6 Å². The summed E-state index contributed by atoms with van der Waals surface area (Å²) < 4.78 is 11.0. The second-order valence-corrected chi connectivity index (χ2v) is 5.26. The second-order valence-electron chi connectivity index (χ2n) is 5.26. The van der Waals surface area contributed by atoms with Crippen LogP contribution in [0.3, 0.4) is 0 Å². The zero-order valence-corrected chi connectivity index (χ0v) is 12.1. The maximum absolute atomic E-state index is 5.61. The van der Waals surface area contributed by atoms with Crippen LogP contribution in [0.2, 0.25) is 0 Å². The third-order valence-electron chi connectivity index (χ3n) is 3.65. The van der Waals surface area contributed by atoms with Crippen LogP contribution < -0.4 is 5.32 Å². The van der Waals surface area contributed by atoms with E-state index < -0.39 is 0 Å². The van der Waals surface area contributed by atoms with Crippen molar-refractivity contribution in [3.05, 3.63) is 60.2 Å². The van der Waals surface area contributed by atoms with Gasteiger partial charge < -0.3 is 14.8 Å². The molecule has 0 saturated carbocycles. The van der Waals surface area contributed by atoms with Gasteiger partial charge in [-0.25, -0.2) is 0 Å². The summed E-state index contributed by atoms with van der Waals surface area (Å²) >= 11 is 0. The van der Waals surface area contributed by atoms with Gasteiger partial charge in [0.05, 0.1) is 25.9 Å². The Balaban J connectivity index is 1.50. The third-order valence-corrected chi connectivity index (χ3v) is 3.65. The van der Waals surface area contributed by atoms with Crippen molar-refractivity contribution in [2.45, 2.75) is 12.6 Å². The fourth-order valence-electron chi connectivity index (χ4n) is 2.48. The molecule has 1 unspecified atom stereocenters. The zero-order valence-electron chi connectivity index (χ0n) is 12.1. The van der Waals surface area contributed by atoms with Gasteiger partial charge in [-0.3, -0.25) is 0 Å². The molecule has 3 nitrogen and oxygen atoms in total. The summed E-state index contributed by atoms with van der Waals surface area (Å²) in [5.41, 5.74) is 3.79. The van der Waals surface area contributed by atoms with Crippen LogP contribution in [0.4, 0.5) is 0 Å². The summed E-state index contributed by atoms with van der Waals surface area (Å²) in [4.78, 5) is 0. The maximum Gasteiger partial charge on any atom is 0.0933 e. The van der Waals surface area contributed by atoms with E-state index in [1.807, 2.05) is 6.07 Å². The smallest absolute Gasteiger partial charge is 0.0933 e. The predicted octanol–water partition coefficient (Wildman–Crippen LogP) is 2.86. The van der Waals surface area contributed by atoms with E-state index in [2.05, 4.69) is 53.8 Å². The van der Waals surface area contributed by atoms with Crippen molar-refractivity contribution in [3.8, 4) is 11.1 Å². The first-order chi connectivity index (χ1) is 10.4. The molecular weight excluding hydrogens is 262 g/mol. The van der Waals surface area contributed by atoms with Crippen LogP contribution in [0.5, 0.6) is 0 Å². The van der Waals surface area contributed by atoms with E-state index >= 15 is 0 Å². The van der Waals surface area contributed by atoms with Crippen LogP contribution in [0.25, 0.3) is 11.1 Å². The summed E-state index contributed by atoms with van der Waals surface area (Å²) in [5.74, 6) is 0. The molecule has 21 heavy (non-hydrogen) atoms. The fourth-order valence-corrected chi connectivity index (χ4v) is 2.48. The Morgan fingerprint density at radius 3 is 2.38 bits per heavy atom. The SMILES string of the molecule is c1ccc(-c2ccc(CNCC3COCCO3)cc2)cc1. The van der Waals surface area contributed by atoms with Gasteiger partial charge in [0.1, 0.15) is 0 Å². The van der Waals surface area contributed by atoms with Gasteiger partial charge in [0.2, 0.25) is 0 Å². The monoisotopic (exact) mass is 283 g/mol. The standard InChI is InChI=1S/C18H21NO2/c1-2-4-16(5-3-1)17-8-6-15(7-9-17)12-19-13-18-14-20-10-11-21-18/h1-9,18-19H,10-14H2. The van der Waals surface area contributed by atoms with E-state index in [9.17, 15) is 0 Å². The molecule has 1 aliphatic heterocycles. The summed E-state index contributed by atoms with van der Waals surface area (Å²) in [5, 5.41) is 3.43. The lowest BCUT2D eigenvalue weighted by atomic mass is 10.0. The molecule has 110 valence electrons. The van der Waals surface area contributed by atoms with Gasteiger partial charge in [0.25, 0.3) is 0 Å². The maximum atomic E-state index is 5.61. The largest absolute Gasteiger partial charge is 0.376 e. The van der Waals surface area contributed by atoms with Gasteiger partial charge in [-0.1, -0.05) is 54.6 Å². The Hall–Kier alpha value is -1.68. The first-order valence-corrected chi connectivity index (χ1v) is 7.46. The molecule has 0 aliphatic carbocycles. The Labute approximate surface area is 125 Å². The van der Waals surface area contributed by atoms with Crippen molar-refractivity contribution in [2.75, 3.05) is 26.4 Å². The molecule has 1 atom stereocenters. The molecular formula is C18H21NO2. The highest BCUT2D eigenvalue weighted by Gasteiger charge is 2.13. The number of rotatable bonds is 5. The van der Waals surface area contributed by atoms with Crippen molar-refractivity contribution in [3.63, 3.8) is 0 Å². The highest BCUT2D eigenvalue weighted by Crippen LogP contribution is 2.19. The van der Waals surface area contributed by atoms with Crippen LogP contribution in [-0.2, 0) is 16.0 Å². The summed E-state index contributed by atoms with van der Waals surface area (Å²) in [6.07, 6.45) is 0.183. The molecule has 3 heteroatoms. The van der Waals surface area contributed by atoms with E-state index in [0.717, 1.165) is 19.7 Å². The highest BCUT2D eigenvalue weighted by atomic mass is 16.6. The van der Waals surface area contributed by atoms with Crippen LogP contribution in [-0.4, -0.2) is 32.5 Å². The third kappa shape index (κ3) is 4.14. The summed E-state index contributed by atoms with van der Waals surface area (Å²) in [6.45, 7) is 3.81. The first kappa shape index (κ1) is 14.3. The molecule has 0 aromatic heterocycles. The molecule has 1 aliphatic rings. The van der Waals surface area contributed by atoms with Crippen LogP contribution in [0, 0.1) is 0 Å². The molecule has 1 saturated heterocycles. The topological polar surface area (TPSA) is 30.5 Å². The summed E-state index contributed by atoms with van der Waals surface area (Å²) in [6, 6.07) is 19.1. The Bertz CT molecular complexity index is 533. The van der Waals surface area contributed by atoms with Crippen LogP contribution >= 0.6 is 0 Å². The number of benzene rings is 2. The van der Waals surface area contributed by atoms with Crippen LogP contribution in [0.1, 0.15) is 5.56 Å². The molecule has 0 amide bonds. The lowest BCUT2D eigenvalue weighted by Gasteiger charge is -2.23. The molecule has 0 spiro atoms. The van der Waals surface area contributed by atoms with Gasteiger partial charge in [-0.15, -0.1) is 0 Å². The van der Waals surface area contributed by atoms with E-state index in [1.54, 1.807) is 0 Å². The van der Waals surface area contributed by atoms with Gasteiger partial charge in [-0.05, 0) is 16.7 Å². The molecule has 0 radical (unpaired) electrons. The van der Waals surface area contributed by atoms with Crippen molar-refractivity contribution in [1.82, 2.24) is 5.32 Å². The molecule has 1 N–H and O–H groups in total. The van der Waals surface area contributed by atoms with Crippen molar-refractivity contribution >= 4 is 0 Å². The average molecular weight is 283 g/mol. The number of hydrogen-bond donors (Lipinski definition) is 1. The number of nitrogens with one attached hydrogen (secondary N) is 1. The van der Waals surface area contributed by atoms with Gasteiger partial charge >= 0.3 is 0 Å². The van der Waals surface area contributed by atoms with E-state index in [0.29, 0.717) is 13.2 Å². The first-order valence-electron chi connectivity index (χ1n) is 7.46. The lowest BCUT2D eigenvalue weighted by Crippen LogP contribution is -2.37. The van der Waals surface area contributed by atoms with E-state index in [-0.39, 0.29) is 6.10 Å². The highest BCUT2D eigenvalue weighted by molar-refractivity contribution is 5.63. The molecule has 1 heterocycles. The van der Waals surface area contributed by atoms with Gasteiger partial charge in [0.15, 0.2) is 0 Å². The van der Waals surface area contributed by atoms with Crippen molar-refractivity contribution in [1.29, 1.82) is 0 Å². The quantitative estimate of drug-likeness (QED) is 0.915. The Kier molecular flexibility index (Phi) is 5.00. The predicted molar refractivity (Wildman–Crippen MR) is 84.1 cm³/mol. The Morgan fingerprint density at radius 2 is 1.67 bits per heavy atom. The number of hydrogen-bond acceptors (Lipinski definition) is 3. The lowest BCUT2D eigenvalue weighted by molar-refractivity contribution is -0.0864. The van der Waals surface area contributed by atoms with Crippen molar-refractivity contribution in [2.24, 2.45) is 0 Å². The van der Waals surface area contributed by atoms with Crippen molar-refractivity contribution < 1.29 is 9.47 Å². The normalized spacial score (nSPS) is 18.6. The number of ether oxygens (including phenoxy) is 2. The van der Waals surface area contributed by atoms with Gasteiger partial charge in [0, 0.05) is 13.1 Å². The van der Waals surface area contributed by atoms with E-state index in [4.69, 9.17) is 9.47 Å². The second kappa shape index (κ2) is 7.36. The molecule has 0 bridgehead atoms. The molecule has 1 fully saturated rings. The van der Waals surface area contributed by atoms with Gasteiger partial charge in [-0.2, -0.15) is 0 Å². The summed E-state index contributed by atoms with van der Waals surface area (Å²) in [7, 11) is 0. The fraction of sp³-hybridized carbons (Fsp3) is 0.333. The molecule has 2 aromatic rings. The molecule has 2 aromatic carbocycles. The average Bonchev–Trinajstić information content (AvgIpc) is 2.57. The molecule has 3 rings (SSSR count). The van der Waals surface area contributed by atoms with E-state index in [1.165, 1.54) is 16.7 Å². The Morgan fingerprint density at radius 1 is 0.905 bits per heavy atom. The minimum Gasteiger partial charge on any atom is -0.376 e. The zero-order chi connectivity index (χ0) is 14.3. The minimum absolute atomic E-state index is 0.183.